The van der Waals surface area contributed by atoms with Gasteiger partial charge in [-0.05, 0) is 55.7 Å². The van der Waals surface area contributed by atoms with Crippen LogP contribution in [-0.4, -0.2) is 36.9 Å². The predicted octanol–water partition coefficient (Wildman–Crippen LogP) is 4.06. The minimum Gasteiger partial charge on any atom is -0.343 e. The quantitative estimate of drug-likeness (QED) is 0.556. The molecule has 32 heavy (non-hydrogen) atoms. The van der Waals surface area contributed by atoms with Gasteiger partial charge in [0.1, 0.15) is 5.82 Å². The number of benzene rings is 2. The predicted molar refractivity (Wildman–Crippen MR) is 123 cm³/mol. The van der Waals surface area contributed by atoms with Gasteiger partial charge in [-0.25, -0.2) is 12.8 Å². The Hall–Kier alpha value is -2.43. The lowest BCUT2D eigenvalue weighted by molar-refractivity contribution is -0.132. The number of halogens is 2. The molecule has 0 aliphatic carbocycles. The molecule has 0 spiro atoms. The highest BCUT2D eigenvalue weighted by atomic mass is 35.5. The zero-order chi connectivity index (χ0) is 22.9. The molecule has 1 aliphatic rings. The van der Waals surface area contributed by atoms with Gasteiger partial charge in [-0.2, -0.15) is 0 Å². The number of nitrogens with one attached hydrogen (secondary N) is 1. The van der Waals surface area contributed by atoms with Gasteiger partial charge in [0.25, 0.3) is 10.0 Å². The molecule has 4 rings (SSSR count). The molecule has 1 N–H and O–H groups in total. The minimum absolute atomic E-state index is 0.0179. The molecule has 170 valence electrons. The zero-order valence-corrected chi connectivity index (χ0v) is 19.4. The Morgan fingerprint density at radius 2 is 1.88 bits per heavy atom. The average Bonchev–Trinajstić information content (AvgIpc) is 3.08. The third-order valence-corrected chi connectivity index (χ3v) is 7.92. The summed E-state index contributed by atoms with van der Waals surface area (Å²) >= 11 is 6.61. The van der Waals surface area contributed by atoms with Crippen LogP contribution in [0.5, 0.6) is 0 Å². The third-order valence-electron chi connectivity index (χ3n) is 5.38. The Labute approximate surface area is 193 Å². The molecular weight excluding hydrogens is 477 g/mol. The molecule has 1 saturated heterocycles. The van der Waals surface area contributed by atoms with Gasteiger partial charge in [0.2, 0.25) is 5.91 Å². The number of likely N-dealkylation sites (tertiary alicyclic amines) is 1. The van der Waals surface area contributed by atoms with Crippen molar-refractivity contribution in [1.29, 1.82) is 0 Å². The van der Waals surface area contributed by atoms with Crippen LogP contribution in [0.4, 0.5) is 10.1 Å². The molecule has 1 aromatic heterocycles. The summed E-state index contributed by atoms with van der Waals surface area (Å²) in [7, 11) is -4.08. The van der Waals surface area contributed by atoms with Crippen LogP contribution < -0.4 is 9.60 Å². The van der Waals surface area contributed by atoms with Crippen molar-refractivity contribution in [2.75, 3.05) is 17.8 Å². The fourth-order valence-electron chi connectivity index (χ4n) is 3.71. The SMILES string of the molecule is O=C(CCn1c(=O)sc2cc(S(=O)(=O)Nc3ccc(Cl)cc3F)ccc21)N1CCCCC1. The number of nitrogens with zero attached hydrogens (tertiary/aromatic N) is 2. The number of sulfonamides is 1. The fourth-order valence-corrected chi connectivity index (χ4v) is 5.99. The Morgan fingerprint density at radius 3 is 2.59 bits per heavy atom. The van der Waals surface area contributed by atoms with Crippen LogP contribution in [-0.2, 0) is 21.4 Å². The molecule has 0 radical (unpaired) electrons. The van der Waals surface area contributed by atoms with Crippen LogP contribution >= 0.6 is 22.9 Å². The second-order valence-electron chi connectivity index (χ2n) is 7.57. The maximum absolute atomic E-state index is 14.0. The van der Waals surface area contributed by atoms with Gasteiger partial charge in [-0.15, -0.1) is 0 Å². The van der Waals surface area contributed by atoms with E-state index in [2.05, 4.69) is 4.72 Å². The molecule has 2 aromatic carbocycles. The lowest BCUT2D eigenvalue weighted by Gasteiger charge is -2.26. The van der Waals surface area contributed by atoms with E-state index in [-0.39, 0.29) is 39.4 Å². The maximum Gasteiger partial charge on any atom is 0.308 e. The first-order valence-corrected chi connectivity index (χ1v) is 12.8. The highest BCUT2D eigenvalue weighted by Gasteiger charge is 2.20. The number of aromatic nitrogens is 1. The van der Waals surface area contributed by atoms with E-state index in [9.17, 15) is 22.4 Å². The normalized spacial score (nSPS) is 14.6. The minimum atomic E-state index is -4.08. The number of thiazole rings is 1. The number of amides is 1. The summed E-state index contributed by atoms with van der Waals surface area (Å²) in [6.07, 6.45) is 3.34. The van der Waals surface area contributed by atoms with E-state index >= 15 is 0 Å². The third kappa shape index (κ3) is 4.82. The van der Waals surface area contributed by atoms with E-state index in [1.165, 1.54) is 34.9 Å². The van der Waals surface area contributed by atoms with Gasteiger partial charge in [-0.1, -0.05) is 22.9 Å². The summed E-state index contributed by atoms with van der Waals surface area (Å²) in [5.74, 6) is -0.777. The first kappa shape index (κ1) is 22.8. The smallest absolute Gasteiger partial charge is 0.308 e. The first-order chi connectivity index (χ1) is 15.2. The fraction of sp³-hybridized carbons (Fsp3) is 0.333. The van der Waals surface area contributed by atoms with Crippen molar-refractivity contribution < 1.29 is 17.6 Å². The van der Waals surface area contributed by atoms with Crippen molar-refractivity contribution >= 4 is 54.8 Å². The number of carbonyl (C=O) groups excluding carboxylic acids is 1. The monoisotopic (exact) mass is 497 g/mol. The van der Waals surface area contributed by atoms with Crippen molar-refractivity contribution in [2.45, 2.75) is 37.1 Å². The highest BCUT2D eigenvalue weighted by molar-refractivity contribution is 7.92. The molecule has 1 aliphatic heterocycles. The molecule has 1 amide bonds. The van der Waals surface area contributed by atoms with Crippen LogP contribution in [0.2, 0.25) is 5.02 Å². The van der Waals surface area contributed by atoms with Gasteiger partial charge < -0.3 is 4.90 Å². The molecule has 0 unspecified atom stereocenters. The van der Waals surface area contributed by atoms with Crippen LogP contribution in [0.1, 0.15) is 25.7 Å². The van der Waals surface area contributed by atoms with Crippen LogP contribution in [0, 0.1) is 5.82 Å². The second-order valence-corrected chi connectivity index (χ2v) is 10.7. The van der Waals surface area contributed by atoms with Crippen molar-refractivity contribution in [3.8, 4) is 0 Å². The van der Waals surface area contributed by atoms with E-state index < -0.39 is 15.8 Å². The first-order valence-electron chi connectivity index (χ1n) is 10.1. The van der Waals surface area contributed by atoms with E-state index in [1.807, 2.05) is 4.90 Å². The molecule has 0 saturated carbocycles. The molecule has 11 heteroatoms. The van der Waals surface area contributed by atoms with E-state index in [1.54, 1.807) is 0 Å². The Morgan fingerprint density at radius 1 is 1.12 bits per heavy atom. The summed E-state index contributed by atoms with van der Waals surface area (Å²) < 4.78 is 43.6. The van der Waals surface area contributed by atoms with Gasteiger partial charge in [0.05, 0.1) is 20.8 Å². The molecule has 0 atom stereocenters. The summed E-state index contributed by atoms with van der Waals surface area (Å²) in [5, 5.41) is 0.150. The molecule has 2 heterocycles. The van der Waals surface area contributed by atoms with Gasteiger partial charge in [0.15, 0.2) is 0 Å². The Kier molecular flexibility index (Phi) is 6.55. The second kappa shape index (κ2) is 9.21. The van der Waals surface area contributed by atoms with Crippen molar-refractivity contribution in [3.05, 3.63) is 56.9 Å². The molecule has 7 nitrogen and oxygen atoms in total. The van der Waals surface area contributed by atoms with E-state index in [0.29, 0.717) is 10.2 Å². The molecule has 1 fully saturated rings. The molecule has 3 aromatic rings. The zero-order valence-electron chi connectivity index (χ0n) is 17.0. The van der Waals surface area contributed by atoms with Crippen molar-refractivity contribution in [1.82, 2.24) is 9.47 Å². The molecule has 0 bridgehead atoms. The number of anilines is 1. The number of aryl methyl sites for hydroxylation is 1. The van der Waals surface area contributed by atoms with Gasteiger partial charge in [0, 0.05) is 31.1 Å². The van der Waals surface area contributed by atoms with Crippen molar-refractivity contribution in [3.63, 3.8) is 0 Å². The largest absolute Gasteiger partial charge is 0.343 e. The van der Waals surface area contributed by atoms with E-state index in [0.717, 1.165) is 49.8 Å². The summed E-state index contributed by atoms with van der Waals surface area (Å²) in [6.45, 7) is 1.73. The topological polar surface area (TPSA) is 88.5 Å². The van der Waals surface area contributed by atoms with Crippen LogP contribution in [0.3, 0.4) is 0 Å². The average molecular weight is 498 g/mol. The Balaban J connectivity index is 1.54. The number of fused-ring (bicyclic) bond motifs is 1. The molecular formula is C21H21ClFN3O4S2. The summed E-state index contributed by atoms with van der Waals surface area (Å²) in [6, 6.07) is 7.89. The summed E-state index contributed by atoms with van der Waals surface area (Å²) in [4.78, 5) is 26.4. The standard InChI is InChI=1S/C21H21ClFN3O4S2/c22-14-4-6-17(16(23)12-14)24-32(29,30)15-5-7-18-19(13-15)31-21(28)26(18)11-8-20(27)25-9-2-1-3-10-25/h4-7,12-13,24H,1-3,8-11H2. The van der Waals surface area contributed by atoms with Gasteiger partial charge >= 0.3 is 4.87 Å². The lowest BCUT2D eigenvalue weighted by atomic mass is 10.1. The van der Waals surface area contributed by atoms with E-state index in [4.69, 9.17) is 11.6 Å². The van der Waals surface area contributed by atoms with Crippen LogP contribution in [0.15, 0.2) is 46.1 Å². The van der Waals surface area contributed by atoms with Gasteiger partial charge in [-0.3, -0.25) is 18.9 Å². The number of hydrogen-bond donors (Lipinski definition) is 1. The number of carbonyl (C=O) groups is 1. The van der Waals surface area contributed by atoms with Crippen molar-refractivity contribution in [2.24, 2.45) is 0 Å². The lowest BCUT2D eigenvalue weighted by Crippen LogP contribution is -2.36. The number of hydrogen-bond acceptors (Lipinski definition) is 5. The Bertz CT molecular complexity index is 1330. The number of rotatable bonds is 6. The highest BCUT2D eigenvalue weighted by Crippen LogP contribution is 2.26. The van der Waals surface area contributed by atoms with Crippen LogP contribution in [0.25, 0.3) is 10.2 Å². The summed E-state index contributed by atoms with van der Waals surface area (Å²) in [5.41, 5.74) is 0.333. The maximum atomic E-state index is 14.0. The number of piperidine rings is 1.